The molecule has 2 N–H and O–H groups in total. The molecule has 0 aliphatic rings. The molecule has 1 amide bonds. The van der Waals surface area contributed by atoms with Crippen molar-refractivity contribution in [2.45, 2.75) is 70.2 Å². The third-order valence-corrected chi connectivity index (χ3v) is 5.78. The number of nitrogens with one attached hydrogen (secondary N) is 2. The summed E-state index contributed by atoms with van der Waals surface area (Å²) in [7, 11) is 1.77. The summed E-state index contributed by atoms with van der Waals surface area (Å²) < 4.78 is 11.5. The number of carbonyl (C=O) groups excluding carboxylic acids is 2. The van der Waals surface area contributed by atoms with Gasteiger partial charge in [-0.2, -0.15) is 0 Å². The number of esters is 1. The van der Waals surface area contributed by atoms with Gasteiger partial charge < -0.3 is 20.1 Å². The second-order valence-electron chi connectivity index (χ2n) is 8.68. The highest BCUT2D eigenvalue weighted by atomic mass is 16.5. The maximum atomic E-state index is 12.8. The van der Waals surface area contributed by atoms with E-state index in [0.717, 1.165) is 24.0 Å². The van der Waals surface area contributed by atoms with E-state index in [1.54, 1.807) is 13.1 Å². The summed E-state index contributed by atoms with van der Waals surface area (Å²) in [6.45, 7) is 6.73. The molecule has 0 spiro atoms. The minimum absolute atomic E-state index is 0.0584. The Morgan fingerprint density at radius 1 is 1.00 bits per heavy atom. The number of carbonyl (C=O) groups is 2. The van der Waals surface area contributed by atoms with Gasteiger partial charge in [0.05, 0.1) is 19.3 Å². The molecular weight excluding hydrogens is 440 g/mol. The lowest BCUT2D eigenvalue weighted by Crippen LogP contribution is -2.39. The molecule has 0 radical (unpaired) electrons. The summed E-state index contributed by atoms with van der Waals surface area (Å²) in [6, 6.07) is 19.1. The highest BCUT2D eigenvalue weighted by Gasteiger charge is 2.22. The molecule has 3 atom stereocenters. The van der Waals surface area contributed by atoms with E-state index in [-0.39, 0.29) is 24.0 Å². The molecule has 2 aromatic rings. The smallest absolute Gasteiger partial charge is 0.323 e. The van der Waals surface area contributed by atoms with Crippen molar-refractivity contribution in [1.29, 1.82) is 0 Å². The summed E-state index contributed by atoms with van der Waals surface area (Å²) in [5, 5.41) is 6.02. The fourth-order valence-corrected chi connectivity index (χ4v) is 3.80. The van der Waals surface area contributed by atoms with Crippen LogP contribution in [0.4, 0.5) is 0 Å². The van der Waals surface area contributed by atoms with E-state index in [0.29, 0.717) is 38.9 Å². The van der Waals surface area contributed by atoms with Crippen LogP contribution < -0.4 is 10.6 Å². The zero-order valence-electron chi connectivity index (χ0n) is 21.1. The average molecular weight is 481 g/mol. The Labute approximate surface area is 210 Å². The summed E-state index contributed by atoms with van der Waals surface area (Å²) in [5.41, 5.74) is 2.17. The third-order valence-electron chi connectivity index (χ3n) is 5.78. The van der Waals surface area contributed by atoms with E-state index >= 15 is 0 Å². The number of hydrogen-bond acceptors (Lipinski definition) is 5. The minimum Gasteiger partial charge on any atom is -0.461 e. The number of rotatable bonds is 17. The van der Waals surface area contributed by atoms with Crippen molar-refractivity contribution < 1.29 is 19.1 Å². The van der Waals surface area contributed by atoms with Gasteiger partial charge in [0.15, 0.2) is 0 Å². The van der Waals surface area contributed by atoms with Crippen molar-refractivity contribution in [3.63, 3.8) is 0 Å². The van der Waals surface area contributed by atoms with Gasteiger partial charge in [-0.15, -0.1) is 6.58 Å². The summed E-state index contributed by atoms with van der Waals surface area (Å²) in [5.74, 6) is -0.307. The van der Waals surface area contributed by atoms with Gasteiger partial charge in [-0.05, 0) is 43.9 Å². The van der Waals surface area contributed by atoms with Gasteiger partial charge in [0.1, 0.15) is 12.1 Å². The first-order chi connectivity index (χ1) is 17.0. The second-order valence-corrected chi connectivity index (χ2v) is 8.68. The minimum atomic E-state index is -0.399. The van der Waals surface area contributed by atoms with Crippen LogP contribution in [0.2, 0.25) is 0 Å². The molecular formula is C29H40N2O4. The highest BCUT2D eigenvalue weighted by molar-refractivity contribution is 5.77. The van der Waals surface area contributed by atoms with E-state index < -0.39 is 6.04 Å². The van der Waals surface area contributed by atoms with E-state index in [9.17, 15) is 9.59 Å². The molecule has 2 rings (SSSR count). The Kier molecular flexibility index (Phi) is 13.4. The van der Waals surface area contributed by atoms with Crippen molar-refractivity contribution in [1.82, 2.24) is 10.6 Å². The highest BCUT2D eigenvalue weighted by Crippen LogP contribution is 2.14. The Bertz CT molecular complexity index is 873. The van der Waals surface area contributed by atoms with Crippen LogP contribution in [0.5, 0.6) is 0 Å². The van der Waals surface area contributed by atoms with Gasteiger partial charge in [-0.25, -0.2) is 0 Å². The van der Waals surface area contributed by atoms with Crippen LogP contribution in [0.15, 0.2) is 73.3 Å². The van der Waals surface area contributed by atoms with Crippen LogP contribution in [0.25, 0.3) is 0 Å². The molecule has 0 fully saturated rings. The van der Waals surface area contributed by atoms with Gasteiger partial charge in [0.2, 0.25) is 5.91 Å². The lowest BCUT2D eigenvalue weighted by molar-refractivity contribution is -0.152. The fourth-order valence-electron chi connectivity index (χ4n) is 3.80. The summed E-state index contributed by atoms with van der Waals surface area (Å²) >= 11 is 0. The average Bonchev–Trinajstić information content (AvgIpc) is 2.88. The Morgan fingerprint density at radius 2 is 1.66 bits per heavy atom. The normalized spacial score (nSPS) is 13.4. The van der Waals surface area contributed by atoms with Crippen molar-refractivity contribution in [2.75, 3.05) is 13.7 Å². The van der Waals surface area contributed by atoms with Crippen LogP contribution in [0.1, 0.15) is 50.2 Å². The van der Waals surface area contributed by atoms with Crippen LogP contribution in [-0.4, -0.2) is 43.7 Å². The number of hydrogen-bond donors (Lipinski definition) is 2. The standard InChI is InChI=1S/C29H40N2O4/c1-4-13-26(35-29(33)27(30-3)20-23-14-8-6-9-15-23)18-12-19-28(32)31-25(5-2)22-34-21-24-16-10-7-11-17-24/h5-11,14-17,25-27,30H,2,4,12-13,18-22H2,1,3H3,(H,31,32)/t25-,26-,27+/m1/s1. The predicted molar refractivity (Wildman–Crippen MR) is 140 cm³/mol. The molecule has 6 heteroatoms. The van der Waals surface area contributed by atoms with Gasteiger partial charge >= 0.3 is 5.97 Å². The first kappa shape index (κ1) is 28.3. The summed E-state index contributed by atoms with van der Waals surface area (Å²) in [4.78, 5) is 25.2. The molecule has 190 valence electrons. The molecule has 0 unspecified atom stereocenters. The molecule has 2 aromatic carbocycles. The van der Waals surface area contributed by atoms with Crippen LogP contribution >= 0.6 is 0 Å². The monoisotopic (exact) mass is 480 g/mol. The molecule has 0 aromatic heterocycles. The third kappa shape index (κ3) is 11.3. The SMILES string of the molecule is C=C[C@H](COCc1ccccc1)NC(=O)CCC[C@@H](CCC)OC(=O)[C@H](Cc1ccccc1)NC. The molecule has 0 aliphatic heterocycles. The van der Waals surface area contributed by atoms with Crippen molar-refractivity contribution >= 4 is 11.9 Å². The lowest BCUT2D eigenvalue weighted by atomic mass is 10.0. The zero-order valence-corrected chi connectivity index (χ0v) is 21.1. The van der Waals surface area contributed by atoms with Crippen molar-refractivity contribution in [3.05, 3.63) is 84.4 Å². The van der Waals surface area contributed by atoms with Gasteiger partial charge in [0.25, 0.3) is 0 Å². The maximum Gasteiger partial charge on any atom is 0.323 e. The van der Waals surface area contributed by atoms with E-state index in [4.69, 9.17) is 9.47 Å². The molecule has 0 bridgehead atoms. The van der Waals surface area contributed by atoms with Crippen LogP contribution in [0, 0.1) is 0 Å². The molecule has 0 heterocycles. The molecule has 0 aliphatic carbocycles. The van der Waals surface area contributed by atoms with Gasteiger partial charge in [0, 0.05) is 6.42 Å². The Morgan fingerprint density at radius 3 is 2.26 bits per heavy atom. The Hall–Kier alpha value is -2.96. The Balaban J connectivity index is 1.73. The van der Waals surface area contributed by atoms with E-state index in [1.807, 2.05) is 60.7 Å². The number of ether oxygens (including phenoxy) is 2. The summed E-state index contributed by atoms with van der Waals surface area (Å²) in [6.07, 6.45) is 5.40. The predicted octanol–water partition coefficient (Wildman–Crippen LogP) is 4.59. The first-order valence-electron chi connectivity index (χ1n) is 12.5. The van der Waals surface area contributed by atoms with E-state index in [2.05, 4.69) is 24.1 Å². The quantitative estimate of drug-likeness (QED) is 0.256. The molecule has 35 heavy (non-hydrogen) atoms. The van der Waals surface area contributed by atoms with Crippen LogP contribution in [-0.2, 0) is 32.1 Å². The van der Waals surface area contributed by atoms with Crippen molar-refractivity contribution in [3.8, 4) is 0 Å². The number of amides is 1. The van der Waals surface area contributed by atoms with Crippen molar-refractivity contribution in [2.24, 2.45) is 0 Å². The van der Waals surface area contributed by atoms with Gasteiger partial charge in [-0.3, -0.25) is 9.59 Å². The largest absolute Gasteiger partial charge is 0.461 e. The van der Waals surface area contributed by atoms with Gasteiger partial charge in [-0.1, -0.05) is 80.1 Å². The molecule has 6 nitrogen and oxygen atoms in total. The van der Waals surface area contributed by atoms with Crippen LogP contribution in [0.3, 0.4) is 0 Å². The zero-order chi connectivity index (χ0) is 25.3. The fraction of sp³-hybridized carbons (Fsp3) is 0.448. The number of likely N-dealkylation sites (N-methyl/N-ethyl adjacent to an activating group) is 1. The lowest BCUT2D eigenvalue weighted by Gasteiger charge is -2.22. The molecule has 0 saturated heterocycles. The molecule has 0 saturated carbocycles. The topological polar surface area (TPSA) is 76.7 Å². The number of benzene rings is 2. The maximum absolute atomic E-state index is 12.8. The second kappa shape index (κ2) is 16.6. The first-order valence-corrected chi connectivity index (χ1v) is 12.5. The van der Waals surface area contributed by atoms with E-state index in [1.165, 1.54) is 0 Å².